The summed E-state index contributed by atoms with van der Waals surface area (Å²) < 4.78 is 15.3. The molecule has 0 radical (unpaired) electrons. The Bertz CT molecular complexity index is 379. The monoisotopic (exact) mass is 360 g/mol. The van der Waals surface area contributed by atoms with Gasteiger partial charge in [0.15, 0.2) is 12.6 Å². The van der Waals surface area contributed by atoms with Gasteiger partial charge in [-0.15, -0.1) is 0 Å². The number of hydrogen-bond donors (Lipinski definition) is 8. The summed E-state index contributed by atoms with van der Waals surface area (Å²) in [6.07, 6.45) is -15.6. The molecule has 2 aliphatic rings. The predicted octanol–water partition coefficient (Wildman–Crippen LogP) is -6.22. The van der Waals surface area contributed by atoms with E-state index in [9.17, 15) is 35.7 Å². The maximum atomic E-state index is 9.94. The third kappa shape index (κ3) is 4.01. The van der Waals surface area contributed by atoms with Crippen molar-refractivity contribution in [3.63, 3.8) is 0 Å². The lowest BCUT2D eigenvalue weighted by Gasteiger charge is -2.45. The first-order valence-electron chi connectivity index (χ1n) is 7.08. The van der Waals surface area contributed by atoms with Gasteiger partial charge in [-0.05, 0) is 0 Å². The fraction of sp³-hybridized carbons (Fsp3) is 1.00. The van der Waals surface area contributed by atoms with Crippen LogP contribution in [0, 0.1) is 0 Å². The van der Waals surface area contributed by atoms with Crippen LogP contribution in [0.2, 0.25) is 0 Å². The van der Waals surface area contributed by atoms with Crippen LogP contribution in [0.25, 0.3) is 0 Å². The number of aliphatic hydroxyl groups excluding tert-OH is 8. The Hall–Kier alpha value is -0.480. The summed E-state index contributed by atoms with van der Waals surface area (Å²) in [6.45, 7) is -1.35. The van der Waals surface area contributed by atoms with Gasteiger partial charge in [-0.3, -0.25) is 0 Å². The number of rotatable bonds is 4. The standard InChI is InChI=1S/C12H22O11.H2O/c13-1-3-5(15)6(16)9(19)12(22-3)23-10-4(2-14)21-11(20)8(18)7(10)17;/h3-20H,1-2H2;1H2/t3-,4-,5+,6+,7-,8-,9-,10-,11-,12+;/m0./s1. The van der Waals surface area contributed by atoms with Crippen molar-refractivity contribution < 1.29 is 60.5 Å². The molecule has 0 saturated carbocycles. The summed E-state index contributed by atoms with van der Waals surface area (Å²) in [5, 5.41) is 76.5. The molecule has 12 nitrogen and oxygen atoms in total. The topological polar surface area (TPSA) is 221 Å². The third-order valence-corrected chi connectivity index (χ3v) is 3.98. The Balaban J connectivity index is 0.00000288. The second-order valence-electron chi connectivity index (χ2n) is 5.53. The van der Waals surface area contributed by atoms with E-state index in [2.05, 4.69) is 0 Å². The first-order valence-corrected chi connectivity index (χ1v) is 7.08. The van der Waals surface area contributed by atoms with E-state index in [0.717, 1.165) is 0 Å². The smallest absolute Gasteiger partial charge is 0.187 e. The molecule has 0 unspecified atom stereocenters. The lowest BCUT2D eigenvalue weighted by Crippen LogP contribution is -2.64. The van der Waals surface area contributed by atoms with Crippen molar-refractivity contribution in [1.82, 2.24) is 0 Å². The van der Waals surface area contributed by atoms with E-state index in [0.29, 0.717) is 0 Å². The number of ether oxygens (including phenoxy) is 3. The second-order valence-corrected chi connectivity index (χ2v) is 5.53. The van der Waals surface area contributed by atoms with Crippen molar-refractivity contribution >= 4 is 0 Å². The Kier molecular flexibility index (Phi) is 7.86. The molecule has 0 aromatic carbocycles. The van der Waals surface area contributed by atoms with Gasteiger partial charge >= 0.3 is 0 Å². The first-order chi connectivity index (χ1) is 10.8. The molecule has 0 aliphatic carbocycles. The Morgan fingerprint density at radius 2 is 1.25 bits per heavy atom. The van der Waals surface area contributed by atoms with Crippen LogP contribution >= 0.6 is 0 Å². The van der Waals surface area contributed by atoms with Crippen molar-refractivity contribution in [2.75, 3.05) is 13.2 Å². The lowest BCUT2D eigenvalue weighted by atomic mass is 9.97. The van der Waals surface area contributed by atoms with Gasteiger partial charge in [0, 0.05) is 0 Å². The van der Waals surface area contributed by atoms with Crippen LogP contribution in [0.1, 0.15) is 0 Å². The third-order valence-electron chi connectivity index (χ3n) is 3.98. The van der Waals surface area contributed by atoms with Crippen LogP contribution in [0.5, 0.6) is 0 Å². The molecule has 10 atom stereocenters. The highest BCUT2D eigenvalue weighted by Gasteiger charge is 2.50. The zero-order chi connectivity index (χ0) is 17.3. The van der Waals surface area contributed by atoms with Crippen molar-refractivity contribution in [2.45, 2.75) is 61.4 Å². The highest BCUT2D eigenvalue weighted by Crippen LogP contribution is 2.28. The zero-order valence-electron chi connectivity index (χ0n) is 12.5. The van der Waals surface area contributed by atoms with Crippen molar-refractivity contribution in [2.24, 2.45) is 0 Å². The van der Waals surface area contributed by atoms with Gasteiger partial charge in [-0.25, -0.2) is 0 Å². The second kappa shape index (κ2) is 8.75. The molecular formula is C12H24O12. The summed E-state index contributed by atoms with van der Waals surface area (Å²) in [6, 6.07) is 0. The van der Waals surface area contributed by atoms with E-state index in [1.807, 2.05) is 0 Å². The minimum atomic E-state index is -1.74. The minimum Gasteiger partial charge on any atom is -0.412 e. The molecule has 0 bridgehead atoms. The largest absolute Gasteiger partial charge is 0.412 e. The van der Waals surface area contributed by atoms with Gasteiger partial charge in [-0.1, -0.05) is 0 Å². The maximum Gasteiger partial charge on any atom is 0.187 e. The van der Waals surface area contributed by atoms with Gasteiger partial charge in [0.2, 0.25) is 0 Å². The van der Waals surface area contributed by atoms with E-state index in [-0.39, 0.29) is 5.48 Å². The lowest BCUT2D eigenvalue weighted by molar-refractivity contribution is -0.355. The molecule has 12 heteroatoms. The van der Waals surface area contributed by atoms with Gasteiger partial charge in [0.05, 0.1) is 13.2 Å². The molecule has 2 saturated heterocycles. The maximum absolute atomic E-state index is 9.94. The highest BCUT2D eigenvalue weighted by molar-refractivity contribution is 4.93. The Labute approximate surface area is 136 Å². The SMILES string of the molecule is O.OC[C@@H]1O[C@H](O[C@@H]2[C@@H](O)[C@H](O)[C@@H](O)O[C@H]2CO)[C@@H](O)[C@H](O)[C@@H]1O. The van der Waals surface area contributed by atoms with E-state index in [1.54, 1.807) is 0 Å². The van der Waals surface area contributed by atoms with Crippen LogP contribution in [0.4, 0.5) is 0 Å². The van der Waals surface area contributed by atoms with Crippen LogP contribution in [0.3, 0.4) is 0 Å². The fourth-order valence-electron chi connectivity index (χ4n) is 2.57. The summed E-state index contributed by atoms with van der Waals surface area (Å²) in [7, 11) is 0. The minimum absolute atomic E-state index is 0. The molecule has 0 amide bonds. The quantitative estimate of drug-likeness (QED) is 0.235. The molecule has 24 heavy (non-hydrogen) atoms. The predicted molar refractivity (Wildman–Crippen MR) is 72.2 cm³/mol. The molecule has 2 aliphatic heterocycles. The van der Waals surface area contributed by atoms with Crippen molar-refractivity contribution in [3.05, 3.63) is 0 Å². The van der Waals surface area contributed by atoms with Gasteiger partial charge in [-0.2, -0.15) is 0 Å². The van der Waals surface area contributed by atoms with Gasteiger partial charge in [0.25, 0.3) is 0 Å². The molecule has 10 N–H and O–H groups in total. The highest BCUT2D eigenvalue weighted by atomic mass is 16.7. The number of aliphatic hydroxyl groups is 8. The van der Waals surface area contributed by atoms with E-state index in [4.69, 9.17) is 19.3 Å². The molecule has 2 fully saturated rings. The fourth-order valence-corrected chi connectivity index (χ4v) is 2.57. The molecule has 2 heterocycles. The normalized spacial score (nSPS) is 49.5. The molecule has 0 spiro atoms. The summed E-state index contributed by atoms with van der Waals surface area (Å²) >= 11 is 0. The van der Waals surface area contributed by atoms with Crippen LogP contribution < -0.4 is 0 Å². The van der Waals surface area contributed by atoms with E-state index >= 15 is 0 Å². The molecule has 0 aromatic heterocycles. The average molecular weight is 360 g/mol. The summed E-state index contributed by atoms with van der Waals surface area (Å²) in [5.41, 5.74) is 0. The summed E-state index contributed by atoms with van der Waals surface area (Å²) in [4.78, 5) is 0. The zero-order valence-corrected chi connectivity index (χ0v) is 12.5. The van der Waals surface area contributed by atoms with Gasteiger partial charge in [0.1, 0.15) is 48.8 Å². The molecule has 0 aromatic rings. The van der Waals surface area contributed by atoms with Crippen LogP contribution in [-0.2, 0) is 14.2 Å². The van der Waals surface area contributed by atoms with Crippen molar-refractivity contribution in [1.29, 1.82) is 0 Å². The number of hydrogen-bond acceptors (Lipinski definition) is 11. The van der Waals surface area contributed by atoms with E-state index < -0.39 is 74.6 Å². The average Bonchev–Trinajstić information content (AvgIpc) is 2.55. The van der Waals surface area contributed by atoms with Crippen molar-refractivity contribution in [3.8, 4) is 0 Å². The molecule has 144 valence electrons. The van der Waals surface area contributed by atoms with Gasteiger partial charge < -0.3 is 60.5 Å². The first kappa shape index (κ1) is 21.6. The van der Waals surface area contributed by atoms with E-state index in [1.165, 1.54) is 0 Å². The summed E-state index contributed by atoms with van der Waals surface area (Å²) in [5.74, 6) is 0. The van der Waals surface area contributed by atoms with Crippen LogP contribution in [0.15, 0.2) is 0 Å². The Morgan fingerprint density at radius 3 is 1.79 bits per heavy atom. The Morgan fingerprint density at radius 1 is 0.667 bits per heavy atom. The molecular weight excluding hydrogens is 336 g/mol. The molecule has 2 rings (SSSR count). The van der Waals surface area contributed by atoms with Crippen LogP contribution in [-0.4, -0.2) is 121 Å².